The van der Waals surface area contributed by atoms with Crippen molar-refractivity contribution in [3.8, 4) is 0 Å². The van der Waals surface area contributed by atoms with Crippen LogP contribution in [0.3, 0.4) is 0 Å². The van der Waals surface area contributed by atoms with Crippen LogP contribution in [0.5, 0.6) is 0 Å². The summed E-state index contributed by atoms with van der Waals surface area (Å²) in [6.07, 6.45) is 1.27. The predicted molar refractivity (Wildman–Crippen MR) is 58.7 cm³/mol. The summed E-state index contributed by atoms with van der Waals surface area (Å²) < 4.78 is 4.85. The van der Waals surface area contributed by atoms with E-state index in [1.807, 2.05) is 0 Å². The first-order valence-electron chi connectivity index (χ1n) is 5.14. The van der Waals surface area contributed by atoms with Crippen LogP contribution >= 0.6 is 0 Å². The molecule has 1 unspecified atom stereocenters. The molecule has 0 aromatic heterocycles. The molecule has 6 heteroatoms. The molecule has 94 valence electrons. The van der Waals surface area contributed by atoms with Crippen molar-refractivity contribution in [1.29, 1.82) is 0 Å². The van der Waals surface area contributed by atoms with Gasteiger partial charge in [-0.05, 0) is 26.7 Å². The van der Waals surface area contributed by atoms with Gasteiger partial charge in [0.1, 0.15) is 11.6 Å². The average Bonchev–Trinajstić information content (AvgIpc) is 2.12. The van der Waals surface area contributed by atoms with E-state index in [1.54, 1.807) is 13.8 Å². The van der Waals surface area contributed by atoms with E-state index in [0.29, 0.717) is 25.7 Å². The van der Waals surface area contributed by atoms with Crippen LogP contribution in [0.2, 0.25) is 0 Å². The molecule has 6 nitrogen and oxygen atoms in total. The number of carboxylic acid groups (broad SMARTS) is 1. The van der Waals surface area contributed by atoms with Gasteiger partial charge in [0, 0.05) is 12.5 Å². The first-order chi connectivity index (χ1) is 7.28. The molecule has 0 aliphatic carbocycles. The molecule has 5 N–H and O–H groups in total. The number of rotatable bonds is 8. The Hall–Kier alpha value is -1.14. The summed E-state index contributed by atoms with van der Waals surface area (Å²) in [4.78, 5) is 20.7. The summed E-state index contributed by atoms with van der Waals surface area (Å²) in [6.45, 7) is 3.88. The zero-order valence-electron chi connectivity index (χ0n) is 9.68. The van der Waals surface area contributed by atoms with Gasteiger partial charge >= 0.3 is 5.97 Å². The van der Waals surface area contributed by atoms with Crippen LogP contribution in [0.15, 0.2) is 0 Å². The Morgan fingerprint density at radius 3 is 2.44 bits per heavy atom. The van der Waals surface area contributed by atoms with Gasteiger partial charge in [-0.1, -0.05) is 0 Å². The van der Waals surface area contributed by atoms with Gasteiger partial charge in [0.05, 0.1) is 0 Å². The molecule has 0 spiro atoms. The zero-order chi connectivity index (χ0) is 12.8. The van der Waals surface area contributed by atoms with Gasteiger partial charge < -0.3 is 21.3 Å². The number of nitrogens with two attached hydrogens (primary N) is 2. The highest BCUT2D eigenvalue weighted by Gasteiger charge is 2.23. The van der Waals surface area contributed by atoms with Gasteiger partial charge in [0.25, 0.3) is 6.47 Å². The molecule has 0 radical (unpaired) electrons. The van der Waals surface area contributed by atoms with E-state index >= 15 is 0 Å². The van der Waals surface area contributed by atoms with Gasteiger partial charge in [-0.25, -0.2) is 0 Å². The van der Waals surface area contributed by atoms with Crippen LogP contribution in [0.1, 0.15) is 33.1 Å². The van der Waals surface area contributed by atoms with Crippen molar-refractivity contribution < 1.29 is 19.4 Å². The SMILES string of the molecule is CC(C)(CC(N)CC[C@H](N)C(=O)O)OC=O. The largest absolute Gasteiger partial charge is 0.480 e. The maximum absolute atomic E-state index is 10.5. The predicted octanol–water partition coefficient (Wildman–Crippen LogP) is -0.152. The quantitative estimate of drug-likeness (QED) is 0.501. The molecule has 0 aromatic carbocycles. The highest BCUT2D eigenvalue weighted by molar-refractivity contribution is 5.72. The lowest BCUT2D eigenvalue weighted by molar-refractivity contribution is -0.141. The molecule has 0 heterocycles. The van der Waals surface area contributed by atoms with Gasteiger partial charge in [0.15, 0.2) is 0 Å². The Morgan fingerprint density at radius 1 is 1.44 bits per heavy atom. The molecule has 0 aromatic rings. The number of carboxylic acids is 1. The Labute approximate surface area is 94.9 Å². The fourth-order valence-electron chi connectivity index (χ4n) is 1.43. The van der Waals surface area contributed by atoms with Crippen LogP contribution in [0.25, 0.3) is 0 Å². The maximum atomic E-state index is 10.5. The summed E-state index contributed by atoms with van der Waals surface area (Å²) in [7, 11) is 0. The van der Waals surface area contributed by atoms with Crippen molar-refractivity contribution in [3.63, 3.8) is 0 Å². The first-order valence-corrected chi connectivity index (χ1v) is 5.14. The molecule has 0 aliphatic rings. The molecule has 0 rings (SSSR count). The molecule has 0 bridgehead atoms. The number of aliphatic carboxylic acids is 1. The second-order valence-electron chi connectivity index (χ2n) is 4.46. The summed E-state index contributed by atoms with van der Waals surface area (Å²) in [5, 5.41) is 8.57. The lowest BCUT2D eigenvalue weighted by atomic mass is 9.95. The molecule has 0 saturated heterocycles. The van der Waals surface area contributed by atoms with E-state index in [9.17, 15) is 9.59 Å². The van der Waals surface area contributed by atoms with E-state index in [1.165, 1.54) is 0 Å². The van der Waals surface area contributed by atoms with Crippen molar-refractivity contribution in [3.05, 3.63) is 0 Å². The number of carbonyl (C=O) groups is 2. The molecule has 16 heavy (non-hydrogen) atoms. The second-order valence-corrected chi connectivity index (χ2v) is 4.46. The van der Waals surface area contributed by atoms with Gasteiger partial charge in [-0.2, -0.15) is 0 Å². The summed E-state index contributed by atoms with van der Waals surface area (Å²) in [5.41, 5.74) is 10.5. The number of hydrogen-bond donors (Lipinski definition) is 3. The van der Waals surface area contributed by atoms with Crippen LogP contribution in [-0.4, -0.2) is 35.2 Å². The molecule has 0 amide bonds. The highest BCUT2D eigenvalue weighted by atomic mass is 16.5. The number of carbonyl (C=O) groups excluding carboxylic acids is 1. The van der Waals surface area contributed by atoms with Crippen molar-refractivity contribution in [1.82, 2.24) is 0 Å². The third-order valence-corrected chi connectivity index (χ3v) is 2.29. The summed E-state index contributed by atoms with van der Waals surface area (Å²) in [6, 6.07) is -1.12. The third-order valence-electron chi connectivity index (χ3n) is 2.29. The van der Waals surface area contributed by atoms with Gasteiger partial charge in [0.2, 0.25) is 0 Å². The fraction of sp³-hybridized carbons (Fsp3) is 0.800. The zero-order valence-corrected chi connectivity index (χ0v) is 9.68. The molecular weight excluding hydrogens is 212 g/mol. The fourth-order valence-corrected chi connectivity index (χ4v) is 1.43. The van der Waals surface area contributed by atoms with Crippen LogP contribution in [0.4, 0.5) is 0 Å². The monoisotopic (exact) mass is 232 g/mol. The van der Waals surface area contributed by atoms with Crippen molar-refractivity contribution in [2.24, 2.45) is 11.5 Å². The molecule has 0 saturated carbocycles. The minimum atomic E-state index is -1.03. The topological polar surface area (TPSA) is 116 Å². The smallest absolute Gasteiger partial charge is 0.320 e. The minimum Gasteiger partial charge on any atom is -0.480 e. The van der Waals surface area contributed by atoms with E-state index in [4.69, 9.17) is 21.3 Å². The normalized spacial score (nSPS) is 15.2. The van der Waals surface area contributed by atoms with Crippen molar-refractivity contribution >= 4 is 12.4 Å². The molecule has 0 fully saturated rings. The summed E-state index contributed by atoms with van der Waals surface area (Å²) in [5.74, 6) is -1.03. The van der Waals surface area contributed by atoms with E-state index < -0.39 is 17.6 Å². The van der Waals surface area contributed by atoms with E-state index in [0.717, 1.165) is 0 Å². The molecular formula is C10H20N2O4. The average molecular weight is 232 g/mol. The van der Waals surface area contributed by atoms with Crippen LogP contribution in [-0.2, 0) is 14.3 Å². The van der Waals surface area contributed by atoms with Crippen molar-refractivity contribution in [2.45, 2.75) is 50.8 Å². The van der Waals surface area contributed by atoms with Crippen molar-refractivity contribution in [2.75, 3.05) is 0 Å². The van der Waals surface area contributed by atoms with E-state index in [-0.39, 0.29) is 6.04 Å². The standard InChI is InChI=1S/C10H20N2O4/c1-10(2,16-6-13)5-7(11)3-4-8(12)9(14)15/h6-8H,3-5,11-12H2,1-2H3,(H,14,15)/t7?,8-/m0/s1. The number of ether oxygens (including phenoxy) is 1. The van der Waals surface area contributed by atoms with Crippen LogP contribution in [0, 0.1) is 0 Å². The molecule has 0 aliphatic heterocycles. The third kappa shape index (κ3) is 6.36. The number of hydrogen-bond acceptors (Lipinski definition) is 5. The highest BCUT2D eigenvalue weighted by Crippen LogP contribution is 2.17. The Bertz CT molecular complexity index is 243. The Morgan fingerprint density at radius 2 is 2.00 bits per heavy atom. The van der Waals surface area contributed by atoms with Gasteiger partial charge in [-0.3, -0.25) is 9.59 Å². The summed E-state index contributed by atoms with van der Waals surface area (Å²) >= 11 is 0. The molecule has 2 atom stereocenters. The second kappa shape index (κ2) is 6.44. The van der Waals surface area contributed by atoms with Crippen LogP contribution < -0.4 is 11.5 Å². The lowest BCUT2D eigenvalue weighted by Crippen LogP contribution is -2.37. The minimum absolute atomic E-state index is 0.236. The Balaban J connectivity index is 3.94. The maximum Gasteiger partial charge on any atom is 0.320 e. The Kier molecular flexibility index (Phi) is 5.98. The van der Waals surface area contributed by atoms with E-state index in [2.05, 4.69) is 0 Å². The van der Waals surface area contributed by atoms with Gasteiger partial charge in [-0.15, -0.1) is 0 Å². The first kappa shape index (κ1) is 14.9. The lowest BCUT2D eigenvalue weighted by Gasteiger charge is -2.26.